The van der Waals surface area contributed by atoms with E-state index in [9.17, 15) is 0 Å². The lowest BCUT2D eigenvalue weighted by atomic mass is 9.76. The number of aliphatic hydroxyl groups excluding tert-OH is 1. The molecular formula is C8H15O. The van der Waals surface area contributed by atoms with Gasteiger partial charge in [0.1, 0.15) is 0 Å². The van der Waals surface area contributed by atoms with E-state index in [0.717, 1.165) is 12.8 Å². The molecule has 1 N–H and O–H groups in total. The van der Waals surface area contributed by atoms with Gasteiger partial charge in [0.15, 0.2) is 0 Å². The highest BCUT2D eigenvalue weighted by atomic mass is 16.3. The Morgan fingerprint density at radius 3 is 2.44 bits per heavy atom. The summed E-state index contributed by atoms with van der Waals surface area (Å²) in [6.07, 6.45) is 4.97. The SMILES string of the molecule is CC1(C)CCC[C](O)C1. The van der Waals surface area contributed by atoms with Crippen LogP contribution in [0.1, 0.15) is 39.5 Å². The first kappa shape index (κ1) is 7.07. The van der Waals surface area contributed by atoms with E-state index in [0.29, 0.717) is 11.5 Å². The molecule has 0 bridgehead atoms. The zero-order valence-corrected chi connectivity index (χ0v) is 6.28. The normalized spacial score (nSPS) is 28.3. The monoisotopic (exact) mass is 127 g/mol. The zero-order valence-electron chi connectivity index (χ0n) is 6.28. The molecule has 1 radical (unpaired) electrons. The maximum atomic E-state index is 9.16. The number of rotatable bonds is 0. The predicted octanol–water partition coefficient (Wildman–Crippen LogP) is 2.49. The van der Waals surface area contributed by atoms with Crippen LogP contribution in [-0.4, -0.2) is 5.11 Å². The van der Waals surface area contributed by atoms with Crippen molar-refractivity contribution in [3.05, 3.63) is 6.10 Å². The molecule has 0 saturated heterocycles. The molecule has 1 rings (SSSR count). The van der Waals surface area contributed by atoms with Gasteiger partial charge >= 0.3 is 0 Å². The van der Waals surface area contributed by atoms with E-state index in [-0.39, 0.29) is 0 Å². The smallest absolute Gasteiger partial charge is 0.0938 e. The molecule has 0 atom stereocenters. The van der Waals surface area contributed by atoms with Crippen molar-refractivity contribution in [3.8, 4) is 0 Å². The molecule has 0 unspecified atom stereocenters. The minimum atomic E-state index is 0.363. The quantitative estimate of drug-likeness (QED) is 0.530. The van der Waals surface area contributed by atoms with Crippen LogP contribution < -0.4 is 0 Å². The van der Waals surface area contributed by atoms with Crippen molar-refractivity contribution >= 4 is 0 Å². The van der Waals surface area contributed by atoms with Crippen LogP contribution in [0.5, 0.6) is 0 Å². The summed E-state index contributed by atoms with van der Waals surface area (Å²) in [5.41, 5.74) is 0.363. The largest absolute Gasteiger partial charge is 0.387 e. The highest BCUT2D eigenvalue weighted by molar-refractivity contribution is 4.89. The standard InChI is InChI=1S/C8H15O/c1-8(2)5-3-4-7(9)6-8/h9H,3-6H2,1-2H3. The van der Waals surface area contributed by atoms with Crippen LogP contribution in [0.4, 0.5) is 0 Å². The summed E-state index contributed by atoms with van der Waals surface area (Å²) >= 11 is 0. The van der Waals surface area contributed by atoms with E-state index in [1.54, 1.807) is 0 Å². The van der Waals surface area contributed by atoms with E-state index >= 15 is 0 Å². The molecule has 0 amide bonds. The average Bonchev–Trinajstić information content (AvgIpc) is 1.60. The van der Waals surface area contributed by atoms with Crippen molar-refractivity contribution < 1.29 is 5.11 Å². The molecule has 1 aliphatic rings. The summed E-state index contributed by atoms with van der Waals surface area (Å²) in [7, 11) is 0. The van der Waals surface area contributed by atoms with Crippen molar-refractivity contribution in [2.75, 3.05) is 0 Å². The molecule has 0 aromatic carbocycles. The van der Waals surface area contributed by atoms with Gasteiger partial charge in [-0.05, 0) is 31.1 Å². The van der Waals surface area contributed by atoms with Crippen molar-refractivity contribution in [1.82, 2.24) is 0 Å². The van der Waals surface area contributed by atoms with Gasteiger partial charge in [-0.2, -0.15) is 0 Å². The summed E-state index contributed by atoms with van der Waals surface area (Å²) in [6, 6.07) is 0. The molecule has 53 valence electrons. The van der Waals surface area contributed by atoms with Gasteiger partial charge < -0.3 is 5.11 Å². The first-order valence-corrected chi connectivity index (χ1v) is 3.64. The third-order valence-electron chi connectivity index (χ3n) is 2.00. The second-order valence-corrected chi connectivity index (χ2v) is 3.76. The summed E-state index contributed by atoms with van der Waals surface area (Å²) in [5.74, 6) is 0. The second-order valence-electron chi connectivity index (χ2n) is 3.76. The van der Waals surface area contributed by atoms with Gasteiger partial charge in [-0.15, -0.1) is 0 Å². The van der Waals surface area contributed by atoms with Crippen LogP contribution in [0.3, 0.4) is 0 Å². The van der Waals surface area contributed by atoms with Crippen LogP contribution in [-0.2, 0) is 0 Å². The Balaban J connectivity index is 2.41. The molecule has 1 fully saturated rings. The van der Waals surface area contributed by atoms with E-state index in [1.165, 1.54) is 12.8 Å². The summed E-state index contributed by atoms with van der Waals surface area (Å²) in [6.45, 7) is 4.42. The molecule has 0 aliphatic heterocycles. The average molecular weight is 127 g/mol. The highest BCUT2D eigenvalue weighted by Crippen LogP contribution is 2.37. The third-order valence-corrected chi connectivity index (χ3v) is 2.00. The molecule has 9 heavy (non-hydrogen) atoms. The van der Waals surface area contributed by atoms with E-state index in [1.807, 2.05) is 0 Å². The van der Waals surface area contributed by atoms with Crippen molar-refractivity contribution in [2.45, 2.75) is 39.5 Å². The maximum absolute atomic E-state index is 9.16. The fourth-order valence-corrected chi connectivity index (χ4v) is 1.50. The maximum Gasteiger partial charge on any atom is 0.0938 e. The van der Waals surface area contributed by atoms with E-state index in [4.69, 9.17) is 5.11 Å². The fraction of sp³-hybridized carbons (Fsp3) is 0.875. The van der Waals surface area contributed by atoms with Gasteiger partial charge in [-0.3, -0.25) is 0 Å². The Kier molecular flexibility index (Phi) is 1.80. The Morgan fingerprint density at radius 1 is 1.44 bits per heavy atom. The van der Waals surface area contributed by atoms with Crippen molar-refractivity contribution in [1.29, 1.82) is 0 Å². The second kappa shape index (κ2) is 2.30. The van der Waals surface area contributed by atoms with Crippen molar-refractivity contribution in [2.24, 2.45) is 5.41 Å². The molecule has 0 aromatic rings. The van der Waals surface area contributed by atoms with Gasteiger partial charge in [0, 0.05) is 0 Å². The fourth-order valence-electron chi connectivity index (χ4n) is 1.50. The summed E-state index contributed by atoms with van der Waals surface area (Å²) in [5, 5.41) is 9.16. The first-order chi connectivity index (χ1) is 4.10. The van der Waals surface area contributed by atoms with Gasteiger partial charge in [-0.25, -0.2) is 0 Å². The van der Waals surface area contributed by atoms with Crippen LogP contribution in [0, 0.1) is 11.5 Å². The molecule has 0 heterocycles. The summed E-state index contributed by atoms with van der Waals surface area (Å²) < 4.78 is 0. The molecule has 0 spiro atoms. The Bertz CT molecular complexity index is 96.7. The zero-order chi connectivity index (χ0) is 6.91. The van der Waals surface area contributed by atoms with E-state index in [2.05, 4.69) is 13.8 Å². The molecule has 1 aliphatic carbocycles. The molecule has 1 heteroatoms. The molecule has 0 aromatic heterocycles. The van der Waals surface area contributed by atoms with Gasteiger partial charge in [0.25, 0.3) is 0 Å². The molecule has 1 nitrogen and oxygen atoms in total. The number of hydrogen-bond donors (Lipinski definition) is 1. The number of aliphatic hydroxyl groups is 1. The minimum absolute atomic E-state index is 0.363. The lowest BCUT2D eigenvalue weighted by Crippen LogP contribution is -2.20. The van der Waals surface area contributed by atoms with Crippen LogP contribution in [0.2, 0.25) is 0 Å². The van der Waals surface area contributed by atoms with Crippen LogP contribution in [0.15, 0.2) is 0 Å². The highest BCUT2D eigenvalue weighted by Gasteiger charge is 2.26. The lowest BCUT2D eigenvalue weighted by Gasteiger charge is -2.31. The Morgan fingerprint density at radius 2 is 2.11 bits per heavy atom. The Hall–Kier alpha value is -0.0400. The summed E-state index contributed by atoms with van der Waals surface area (Å²) in [4.78, 5) is 0. The third kappa shape index (κ3) is 1.98. The van der Waals surface area contributed by atoms with Gasteiger partial charge in [-0.1, -0.05) is 13.8 Å². The van der Waals surface area contributed by atoms with Gasteiger partial charge in [0.05, 0.1) is 6.10 Å². The number of hydrogen-bond acceptors (Lipinski definition) is 1. The topological polar surface area (TPSA) is 20.2 Å². The molecule has 1 saturated carbocycles. The Labute approximate surface area is 57.1 Å². The lowest BCUT2D eigenvalue weighted by molar-refractivity contribution is 0.151. The molecular weight excluding hydrogens is 112 g/mol. The van der Waals surface area contributed by atoms with Crippen LogP contribution in [0.25, 0.3) is 0 Å². The van der Waals surface area contributed by atoms with Gasteiger partial charge in [0.2, 0.25) is 0 Å². The minimum Gasteiger partial charge on any atom is -0.387 e. The van der Waals surface area contributed by atoms with Crippen LogP contribution >= 0.6 is 0 Å². The van der Waals surface area contributed by atoms with E-state index < -0.39 is 0 Å². The first-order valence-electron chi connectivity index (χ1n) is 3.64. The predicted molar refractivity (Wildman–Crippen MR) is 37.4 cm³/mol. The van der Waals surface area contributed by atoms with Crippen molar-refractivity contribution in [3.63, 3.8) is 0 Å².